The molecule has 0 fully saturated rings. The van der Waals surface area contributed by atoms with Crippen LogP contribution in [-0.2, 0) is 6.42 Å². The molecule has 2 N–H and O–H groups in total. The van der Waals surface area contributed by atoms with Crippen molar-refractivity contribution in [2.24, 2.45) is 0 Å². The van der Waals surface area contributed by atoms with Crippen LogP contribution in [0.5, 0.6) is 23.0 Å². The number of amides is 1. The van der Waals surface area contributed by atoms with Gasteiger partial charge < -0.3 is 24.3 Å². The molecule has 1 aliphatic carbocycles. The van der Waals surface area contributed by atoms with E-state index in [2.05, 4.69) is 15.5 Å². The van der Waals surface area contributed by atoms with Gasteiger partial charge in [0, 0.05) is 11.6 Å². The number of aryl methyl sites for hydroxylation is 1. The lowest BCUT2D eigenvalue weighted by atomic mass is 10.1. The first-order chi connectivity index (χ1) is 15.1. The van der Waals surface area contributed by atoms with Crippen molar-refractivity contribution < 1.29 is 23.7 Å². The van der Waals surface area contributed by atoms with E-state index in [9.17, 15) is 4.79 Å². The first-order valence-electron chi connectivity index (χ1n) is 9.91. The Hall–Kier alpha value is -3.68. The minimum atomic E-state index is -0.223. The number of hydrogen-bond donors (Lipinski definition) is 2. The quantitative estimate of drug-likeness (QED) is 0.604. The monoisotopic (exact) mass is 423 g/mol. The summed E-state index contributed by atoms with van der Waals surface area (Å²) in [5.41, 5.74) is 3.95. The molecule has 1 atom stereocenters. The number of nitrogens with zero attached hydrogens (tertiary/aromatic N) is 1. The zero-order valence-electron chi connectivity index (χ0n) is 17.9. The van der Waals surface area contributed by atoms with Crippen molar-refractivity contribution in [2.75, 3.05) is 28.4 Å². The molecule has 0 unspecified atom stereocenters. The maximum absolute atomic E-state index is 12.9. The normalized spacial score (nSPS) is 14.6. The van der Waals surface area contributed by atoms with E-state index in [1.807, 2.05) is 24.3 Å². The lowest BCUT2D eigenvalue weighted by Crippen LogP contribution is -2.27. The molecule has 31 heavy (non-hydrogen) atoms. The van der Waals surface area contributed by atoms with Gasteiger partial charge in [0.2, 0.25) is 0 Å². The van der Waals surface area contributed by atoms with Gasteiger partial charge in [0.1, 0.15) is 17.2 Å². The lowest BCUT2D eigenvalue weighted by Gasteiger charge is -2.15. The fraction of sp³-hybridized carbons (Fsp3) is 0.304. The van der Waals surface area contributed by atoms with Gasteiger partial charge in [-0.05, 0) is 54.3 Å². The number of carbonyl (C=O) groups excluding carboxylic acids is 1. The van der Waals surface area contributed by atoms with Crippen molar-refractivity contribution in [3.8, 4) is 34.3 Å². The Balaban J connectivity index is 1.54. The standard InChI is InChI=1S/C23H25N3O5/c1-28-14-6-7-15(20(10-14)29-2)18-12-19(26-25-18)23(27)24-17-8-5-13-9-21(30-3)22(31-4)11-16(13)17/h6-7,9-12,17H,5,8H2,1-4H3,(H,24,27)(H,25,26)/t17-/m0/s1. The second-order valence-corrected chi connectivity index (χ2v) is 7.20. The van der Waals surface area contributed by atoms with Gasteiger partial charge in [0.05, 0.1) is 40.2 Å². The van der Waals surface area contributed by atoms with Crippen molar-refractivity contribution in [2.45, 2.75) is 18.9 Å². The summed E-state index contributed by atoms with van der Waals surface area (Å²) in [5.74, 6) is 2.42. The minimum absolute atomic E-state index is 0.107. The number of fused-ring (bicyclic) bond motifs is 1. The third-order valence-electron chi connectivity index (χ3n) is 5.54. The molecule has 1 amide bonds. The second kappa shape index (κ2) is 8.59. The molecule has 1 aromatic heterocycles. The topological polar surface area (TPSA) is 94.7 Å². The van der Waals surface area contributed by atoms with Crippen LogP contribution in [0.1, 0.15) is 34.1 Å². The number of rotatable bonds is 7. The Morgan fingerprint density at radius 3 is 2.42 bits per heavy atom. The van der Waals surface area contributed by atoms with Crippen molar-refractivity contribution in [1.29, 1.82) is 0 Å². The van der Waals surface area contributed by atoms with Crippen LogP contribution in [0.4, 0.5) is 0 Å². The predicted octanol–water partition coefficient (Wildman–Crippen LogP) is 3.53. The minimum Gasteiger partial charge on any atom is -0.497 e. The van der Waals surface area contributed by atoms with Crippen LogP contribution < -0.4 is 24.3 Å². The number of aromatic amines is 1. The number of hydrogen-bond acceptors (Lipinski definition) is 6. The van der Waals surface area contributed by atoms with Crippen LogP contribution in [0.25, 0.3) is 11.3 Å². The summed E-state index contributed by atoms with van der Waals surface area (Å²) in [6.45, 7) is 0. The number of carbonyl (C=O) groups is 1. The molecule has 1 heterocycles. The Morgan fingerprint density at radius 1 is 0.968 bits per heavy atom. The number of aromatic nitrogens is 2. The molecule has 0 saturated carbocycles. The Bertz CT molecular complexity index is 1110. The van der Waals surface area contributed by atoms with E-state index in [1.165, 1.54) is 0 Å². The van der Waals surface area contributed by atoms with Crippen LogP contribution >= 0.6 is 0 Å². The summed E-state index contributed by atoms with van der Waals surface area (Å²) >= 11 is 0. The van der Waals surface area contributed by atoms with Gasteiger partial charge in [-0.15, -0.1) is 0 Å². The SMILES string of the molecule is COc1ccc(-c2cc(C(=O)N[C@H]3CCc4cc(OC)c(OC)cc43)[nH]n2)c(OC)c1. The highest BCUT2D eigenvalue weighted by molar-refractivity contribution is 5.94. The van der Waals surface area contributed by atoms with E-state index >= 15 is 0 Å². The maximum Gasteiger partial charge on any atom is 0.269 e. The van der Waals surface area contributed by atoms with Crippen molar-refractivity contribution in [3.05, 3.63) is 53.2 Å². The van der Waals surface area contributed by atoms with E-state index in [0.717, 1.165) is 29.5 Å². The highest BCUT2D eigenvalue weighted by Gasteiger charge is 2.27. The average molecular weight is 423 g/mol. The summed E-state index contributed by atoms with van der Waals surface area (Å²) in [4.78, 5) is 12.9. The number of nitrogens with one attached hydrogen (secondary N) is 2. The highest BCUT2D eigenvalue weighted by Crippen LogP contribution is 2.39. The zero-order valence-corrected chi connectivity index (χ0v) is 17.9. The molecule has 4 rings (SSSR count). The molecule has 2 aromatic carbocycles. The molecular weight excluding hydrogens is 398 g/mol. The van der Waals surface area contributed by atoms with Gasteiger partial charge in [0.25, 0.3) is 5.91 Å². The van der Waals surface area contributed by atoms with Crippen LogP contribution in [-0.4, -0.2) is 44.5 Å². The first kappa shape index (κ1) is 20.6. The third kappa shape index (κ3) is 3.88. The molecule has 0 spiro atoms. The zero-order chi connectivity index (χ0) is 22.0. The molecule has 8 nitrogen and oxygen atoms in total. The van der Waals surface area contributed by atoms with E-state index in [0.29, 0.717) is 34.4 Å². The van der Waals surface area contributed by atoms with Crippen molar-refractivity contribution >= 4 is 5.91 Å². The van der Waals surface area contributed by atoms with Gasteiger partial charge in [0.15, 0.2) is 11.5 Å². The van der Waals surface area contributed by atoms with Crippen LogP contribution in [0, 0.1) is 0 Å². The molecule has 1 aliphatic rings. The molecular formula is C23H25N3O5. The van der Waals surface area contributed by atoms with Crippen molar-refractivity contribution in [3.63, 3.8) is 0 Å². The highest BCUT2D eigenvalue weighted by atomic mass is 16.5. The van der Waals surface area contributed by atoms with Crippen LogP contribution in [0.2, 0.25) is 0 Å². The van der Waals surface area contributed by atoms with Gasteiger partial charge in [-0.3, -0.25) is 9.89 Å². The van der Waals surface area contributed by atoms with Crippen LogP contribution in [0.3, 0.4) is 0 Å². The van der Waals surface area contributed by atoms with Gasteiger partial charge in [-0.25, -0.2) is 0 Å². The Labute approximate surface area is 180 Å². The summed E-state index contributed by atoms with van der Waals surface area (Å²) < 4.78 is 21.5. The lowest BCUT2D eigenvalue weighted by molar-refractivity contribution is 0.0931. The number of ether oxygens (including phenoxy) is 4. The summed E-state index contributed by atoms with van der Waals surface area (Å²) in [6, 6.07) is 11.0. The number of H-pyrrole nitrogens is 1. The fourth-order valence-electron chi connectivity index (χ4n) is 3.91. The molecule has 0 saturated heterocycles. The average Bonchev–Trinajstić information content (AvgIpc) is 3.45. The van der Waals surface area contributed by atoms with Crippen LogP contribution in [0.15, 0.2) is 36.4 Å². The molecule has 3 aromatic rings. The van der Waals surface area contributed by atoms with E-state index in [-0.39, 0.29) is 11.9 Å². The van der Waals surface area contributed by atoms with E-state index in [4.69, 9.17) is 18.9 Å². The first-order valence-corrected chi connectivity index (χ1v) is 9.91. The Kier molecular flexibility index (Phi) is 5.70. The van der Waals surface area contributed by atoms with E-state index < -0.39 is 0 Å². The fourth-order valence-corrected chi connectivity index (χ4v) is 3.91. The van der Waals surface area contributed by atoms with Gasteiger partial charge >= 0.3 is 0 Å². The third-order valence-corrected chi connectivity index (χ3v) is 5.54. The maximum atomic E-state index is 12.9. The predicted molar refractivity (Wildman–Crippen MR) is 115 cm³/mol. The molecule has 8 heteroatoms. The second-order valence-electron chi connectivity index (χ2n) is 7.20. The summed E-state index contributed by atoms with van der Waals surface area (Å²) in [6.07, 6.45) is 1.67. The number of benzene rings is 2. The molecule has 0 radical (unpaired) electrons. The molecule has 0 bridgehead atoms. The Morgan fingerprint density at radius 2 is 1.71 bits per heavy atom. The summed E-state index contributed by atoms with van der Waals surface area (Å²) in [5, 5.41) is 10.2. The number of methoxy groups -OCH3 is 4. The van der Waals surface area contributed by atoms with E-state index in [1.54, 1.807) is 40.6 Å². The molecule has 162 valence electrons. The van der Waals surface area contributed by atoms with Crippen molar-refractivity contribution in [1.82, 2.24) is 15.5 Å². The largest absolute Gasteiger partial charge is 0.497 e. The van der Waals surface area contributed by atoms with Gasteiger partial charge in [-0.2, -0.15) is 5.10 Å². The van der Waals surface area contributed by atoms with Gasteiger partial charge in [-0.1, -0.05) is 0 Å². The smallest absolute Gasteiger partial charge is 0.269 e. The summed E-state index contributed by atoms with van der Waals surface area (Å²) in [7, 11) is 6.40. The molecule has 0 aliphatic heterocycles.